The standard InChI is InChI=1S/C12H16N2O3S/c15-10(14-4-1-2-5-14)8-13-7-9-3-6-18-11(9)12(16)17/h3,6,13H,1-2,4-5,7-8H2,(H,16,17). The van der Waals surface area contributed by atoms with Crippen LogP contribution in [0.4, 0.5) is 0 Å². The van der Waals surface area contributed by atoms with E-state index in [4.69, 9.17) is 5.11 Å². The van der Waals surface area contributed by atoms with Crippen LogP contribution in [-0.4, -0.2) is 41.5 Å². The molecule has 18 heavy (non-hydrogen) atoms. The third-order valence-electron chi connectivity index (χ3n) is 2.99. The molecular formula is C12H16N2O3S. The molecule has 1 aliphatic heterocycles. The van der Waals surface area contributed by atoms with Crippen LogP contribution in [0.5, 0.6) is 0 Å². The highest BCUT2D eigenvalue weighted by Gasteiger charge is 2.17. The summed E-state index contributed by atoms with van der Waals surface area (Å²) in [5, 5.41) is 13.7. The molecule has 1 saturated heterocycles. The van der Waals surface area contributed by atoms with Crippen LogP contribution in [-0.2, 0) is 11.3 Å². The largest absolute Gasteiger partial charge is 0.477 e. The van der Waals surface area contributed by atoms with Crippen molar-refractivity contribution in [2.45, 2.75) is 19.4 Å². The van der Waals surface area contributed by atoms with Crippen LogP contribution >= 0.6 is 11.3 Å². The third kappa shape index (κ3) is 3.08. The number of likely N-dealkylation sites (tertiary alicyclic amines) is 1. The average Bonchev–Trinajstić information content (AvgIpc) is 2.99. The first-order valence-corrected chi connectivity index (χ1v) is 6.84. The minimum Gasteiger partial charge on any atom is -0.477 e. The van der Waals surface area contributed by atoms with Gasteiger partial charge in [-0.3, -0.25) is 4.79 Å². The van der Waals surface area contributed by atoms with Gasteiger partial charge in [-0.2, -0.15) is 0 Å². The molecule has 1 amide bonds. The van der Waals surface area contributed by atoms with Crippen molar-refractivity contribution in [2.24, 2.45) is 0 Å². The lowest BCUT2D eigenvalue weighted by Crippen LogP contribution is -2.36. The van der Waals surface area contributed by atoms with Crippen LogP contribution in [0.3, 0.4) is 0 Å². The van der Waals surface area contributed by atoms with E-state index in [9.17, 15) is 9.59 Å². The fourth-order valence-electron chi connectivity index (χ4n) is 2.04. The molecule has 98 valence electrons. The second kappa shape index (κ2) is 5.97. The fourth-order valence-corrected chi connectivity index (χ4v) is 2.81. The lowest BCUT2D eigenvalue weighted by Gasteiger charge is -2.15. The summed E-state index contributed by atoms with van der Waals surface area (Å²) in [4.78, 5) is 24.8. The Hall–Kier alpha value is -1.40. The fraction of sp³-hybridized carbons (Fsp3) is 0.500. The van der Waals surface area contributed by atoms with Crippen molar-refractivity contribution < 1.29 is 14.7 Å². The molecule has 0 unspecified atom stereocenters. The Morgan fingerprint density at radius 1 is 1.39 bits per heavy atom. The van der Waals surface area contributed by atoms with E-state index in [1.54, 1.807) is 11.4 Å². The molecule has 0 aromatic carbocycles. The molecule has 2 N–H and O–H groups in total. The highest BCUT2D eigenvalue weighted by Crippen LogP contribution is 2.16. The first-order chi connectivity index (χ1) is 8.68. The zero-order valence-electron chi connectivity index (χ0n) is 10.0. The summed E-state index contributed by atoms with van der Waals surface area (Å²) in [7, 11) is 0. The molecule has 0 atom stereocenters. The number of hydrogen-bond donors (Lipinski definition) is 2. The first-order valence-electron chi connectivity index (χ1n) is 5.96. The Morgan fingerprint density at radius 3 is 2.78 bits per heavy atom. The zero-order chi connectivity index (χ0) is 13.0. The van der Waals surface area contributed by atoms with Crippen molar-refractivity contribution in [3.8, 4) is 0 Å². The lowest BCUT2D eigenvalue weighted by atomic mass is 10.2. The number of carbonyl (C=O) groups is 2. The maximum atomic E-state index is 11.7. The van der Waals surface area contributed by atoms with Crippen molar-refractivity contribution >= 4 is 23.2 Å². The molecule has 6 heteroatoms. The number of carboxylic acids is 1. The van der Waals surface area contributed by atoms with E-state index in [1.807, 2.05) is 4.90 Å². The van der Waals surface area contributed by atoms with Crippen LogP contribution in [0.15, 0.2) is 11.4 Å². The van der Waals surface area contributed by atoms with Gasteiger partial charge in [-0.15, -0.1) is 11.3 Å². The number of rotatable bonds is 5. The Kier molecular flexibility index (Phi) is 4.33. The minimum absolute atomic E-state index is 0.0969. The Bertz CT molecular complexity index is 438. The highest BCUT2D eigenvalue weighted by atomic mass is 32.1. The van der Waals surface area contributed by atoms with Gasteiger partial charge in [-0.1, -0.05) is 0 Å². The normalized spacial score (nSPS) is 15.0. The van der Waals surface area contributed by atoms with Gasteiger partial charge in [0.05, 0.1) is 6.54 Å². The summed E-state index contributed by atoms with van der Waals surface area (Å²) in [6, 6.07) is 1.78. The molecule has 1 fully saturated rings. The van der Waals surface area contributed by atoms with E-state index < -0.39 is 5.97 Å². The van der Waals surface area contributed by atoms with Crippen LogP contribution < -0.4 is 5.32 Å². The summed E-state index contributed by atoms with van der Waals surface area (Å²) in [5.74, 6) is -0.813. The van der Waals surface area contributed by atoms with Crippen LogP contribution in [0.1, 0.15) is 28.1 Å². The van der Waals surface area contributed by atoms with E-state index in [-0.39, 0.29) is 12.5 Å². The molecule has 1 aromatic rings. The maximum absolute atomic E-state index is 11.7. The maximum Gasteiger partial charge on any atom is 0.346 e. The van der Waals surface area contributed by atoms with Crippen LogP contribution in [0.25, 0.3) is 0 Å². The smallest absolute Gasteiger partial charge is 0.346 e. The number of thiophene rings is 1. The number of nitrogens with one attached hydrogen (secondary N) is 1. The van der Waals surface area contributed by atoms with Crippen LogP contribution in [0.2, 0.25) is 0 Å². The number of nitrogens with zero attached hydrogens (tertiary/aromatic N) is 1. The SMILES string of the molecule is O=C(O)c1sccc1CNCC(=O)N1CCCC1. The predicted octanol–water partition coefficient (Wildman–Crippen LogP) is 1.16. The van der Waals surface area contributed by atoms with Gasteiger partial charge < -0.3 is 15.3 Å². The van der Waals surface area contributed by atoms with E-state index in [1.165, 1.54) is 11.3 Å². The molecule has 0 radical (unpaired) electrons. The summed E-state index contributed by atoms with van der Waals surface area (Å²) in [6.07, 6.45) is 2.17. The summed E-state index contributed by atoms with van der Waals surface area (Å²) < 4.78 is 0. The van der Waals surface area contributed by atoms with Gasteiger partial charge in [0.25, 0.3) is 0 Å². The number of hydrogen-bond acceptors (Lipinski definition) is 4. The van der Waals surface area contributed by atoms with Gasteiger partial charge in [0.1, 0.15) is 4.88 Å². The number of aromatic carboxylic acids is 1. The molecule has 0 spiro atoms. The van der Waals surface area contributed by atoms with Gasteiger partial charge in [0.15, 0.2) is 0 Å². The van der Waals surface area contributed by atoms with Crippen molar-refractivity contribution in [1.29, 1.82) is 0 Å². The number of amides is 1. The molecule has 2 rings (SSSR count). The van der Waals surface area contributed by atoms with E-state index in [0.29, 0.717) is 11.4 Å². The quantitative estimate of drug-likeness (QED) is 0.840. The summed E-state index contributed by atoms with van der Waals surface area (Å²) in [6.45, 7) is 2.39. The number of carbonyl (C=O) groups excluding carboxylic acids is 1. The second-order valence-corrected chi connectivity index (χ2v) is 5.19. The van der Waals surface area contributed by atoms with Crippen molar-refractivity contribution in [2.75, 3.05) is 19.6 Å². The zero-order valence-corrected chi connectivity index (χ0v) is 10.8. The first kappa shape index (κ1) is 13.0. The molecular weight excluding hydrogens is 252 g/mol. The highest BCUT2D eigenvalue weighted by molar-refractivity contribution is 7.12. The molecule has 5 nitrogen and oxygen atoms in total. The Balaban J connectivity index is 1.79. The molecule has 1 aliphatic rings. The van der Waals surface area contributed by atoms with Gasteiger partial charge >= 0.3 is 5.97 Å². The number of carboxylic acid groups (broad SMARTS) is 1. The van der Waals surface area contributed by atoms with Crippen molar-refractivity contribution in [3.05, 3.63) is 21.9 Å². The molecule has 1 aromatic heterocycles. The topological polar surface area (TPSA) is 69.6 Å². The van der Waals surface area contributed by atoms with E-state index in [2.05, 4.69) is 5.32 Å². The lowest BCUT2D eigenvalue weighted by molar-refractivity contribution is -0.129. The summed E-state index contributed by atoms with van der Waals surface area (Å²) >= 11 is 1.21. The molecule has 2 heterocycles. The third-order valence-corrected chi connectivity index (χ3v) is 3.94. The average molecular weight is 268 g/mol. The van der Waals surface area contributed by atoms with Gasteiger partial charge in [0, 0.05) is 19.6 Å². The van der Waals surface area contributed by atoms with Gasteiger partial charge in [-0.25, -0.2) is 4.79 Å². The Labute approximate surface area is 109 Å². The predicted molar refractivity (Wildman–Crippen MR) is 68.8 cm³/mol. The molecule has 0 saturated carbocycles. The van der Waals surface area contributed by atoms with Gasteiger partial charge in [0.2, 0.25) is 5.91 Å². The summed E-state index contributed by atoms with van der Waals surface area (Å²) in [5.41, 5.74) is 0.738. The molecule has 0 bridgehead atoms. The van der Waals surface area contributed by atoms with Crippen molar-refractivity contribution in [3.63, 3.8) is 0 Å². The monoisotopic (exact) mass is 268 g/mol. The van der Waals surface area contributed by atoms with Gasteiger partial charge in [-0.05, 0) is 29.9 Å². The van der Waals surface area contributed by atoms with E-state index >= 15 is 0 Å². The van der Waals surface area contributed by atoms with E-state index in [0.717, 1.165) is 31.5 Å². The van der Waals surface area contributed by atoms with Crippen molar-refractivity contribution in [1.82, 2.24) is 10.2 Å². The molecule has 0 aliphatic carbocycles. The van der Waals surface area contributed by atoms with Crippen LogP contribution in [0, 0.1) is 0 Å². The second-order valence-electron chi connectivity index (χ2n) is 4.27. The Morgan fingerprint density at radius 2 is 2.11 bits per heavy atom. The minimum atomic E-state index is -0.910.